The standard InChI is InChI=1S/C16H17NO4S/c1-11(14-3-2-8-22-14)17-15(19)10-21-16(20)13-6-4-12(9-18)5-7-13/h2-8,11,18H,9-10H2,1H3,(H,17,19)/t11-/m1/s1. The van der Waals surface area contributed by atoms with Crippen molar-refractivity contribution in [3.05, 3.63) is 57.8 Å². The van der Waals surface area contributed by atoms with Gasteiger partial charge in [0, 0.05) is 4.88 Å². The van der Waals surface area contributed by atoms with E-state index >= 15 is 0 Å². The fraction of sp³-hybridized carbons (Fsp3) is 0.250. The van der Waals surface area contributed by atoms with Gasteiger partial charge in [0.15, 0.2) is 6.61 Å². The van der Waals surface area contributed by atoms with Gasteiger partial charge in [0.2, 0.25) is 0 Å². The molecule has 0 saturated carbocycles. The van der Waals surface area contributed by atoms with Gasteiger partial charge in [-0.25, -0.2) is 4.79 Å². The van der Waals surface area contributed by atoms with Crippen LogP contribution in [0, 0.1) is 0 Å². The van der Waals surface area contributed by atoms with Gasteiger partial charge in [-0.2, -0.15) is 0 Å². The summed E-state index contributed by atoms with van der Waals surface area (Å²) in [5.41, 5.74) is 1.05. The molecule has 0 spiro atoms. The van der Waals surface area contributed by atoms with Crippen LogP contribution < -0.4 is 5.32 Å². The van der Waals surface area contributed by atoms with Crippen molar-refractivity contribution in [1.82, 2.24) is 5.32 Å². The molecule has 0 unspecified atom stereocenters. The first kappa shape index (κ1) is 16.2. The summed E-state index contributed by atoms with van der Waals surface area (Å²) in [6.07, 6.45) is 0. The van der Waals surface area contributed by atoms with Gasteiger partial charge >= 0.3 is 5.97 Å². The molecule has 0 saturated heterocycles. The van der Waals surface area contributed by atoms with Gasteiger partial charge in [0.1, 0.15) is 0 Å². The Labute approximate surface area is 132 Å². The van der Waals surface area contributed by atoms with Gasteiger partial charge in [-0.3, -0.25) is 4.79 Å². The molecule has 1 amide bonds. The Balaban J connectivity index is 1.81. The summed E-state index contributed by atoms with van der Waals surface area (Å²) in [5, 5.41) is 13.6. The minimum Gasteiger partial charge on any atom is -0.452 e. The van der Waals surface area contributed by atoms with Crippen molar-refractivity contribution in [2.45, 2.75) is 19.6 Å². The van der Waals surface area contributed by atoms with E-state index in [1.807, 2.05) is 24.4 Å². The molecule has 2 rings (SSSR count). The van der Waals surface area contributed by atoms with Crippen molar-refractivity contribution >= 4 is 23.2 Å². The van der Waals surface area contributed by atoms with E-state index in [1.54, 1.807) is 35.6 Å². The number of nitrogens with one attached hydrogen (secondary N) is 1. The molecule has 5 nitrogen and oxygen atoms in total. The number of hydrogen-bond acceptors (Lipinski definition) is 5. The highest BCUT2D eigenvalue weighted by Gasteiger charge is 2.13. The highest BCUT2D eigenvalue weighted by molar-refractivity contribution is 7.10. The number of esters is 1. The van der Waals surface area contributed by atoms with E-state index in [2.05, 4.69) is 5.32 Å². The van der Waals surface area contributed by atoms with E-state index in [0.717, 1.165) is 4.88 Å². The zero-order valence-electron chi connectivity index (χ0n) is 12.1. The van der Waals surface area contributed by atoms with E-state index in [9.17, 15) is 9.59 Å². The third-order valence-electron chi connectivity index (χ3n) is 3.05. The normalized spacial score (nSPS) is 11.7. The van der Waals surface area contributed by atoms with Crippen LogP contribution in [0.2, 0.25) is 0 Å². The Morgan fingerprint density at radius 1 is 1.27 bits per heavy atom. The van der Waals surface area contributed by atoms with E-state index in [4.69, 9.17) is 9.84 Å². The highest BCUT2D eigenvalue weighted by atomic mass is 32.1. The third-order valence-corrected chi connectivity index (χ3v) is 4.11. The maximum Gasteiger partial charge on any atom is 0.338 e. The summed E-state index contributed by atoms with van der Waals surface area (Å²) >= 11 is 1.55. The number of benzene rings is 1. The lowest BCUT2D eigenvalue weighted by Crippen LogP contribution is -2.30. The molecule has 0 fully saturated rings. The number of carbonyl (C=O) groups excluding carboxylic acids is 2. The van der Waals surface area contributed by atoms with Gasteiger partial charge in [0.25, 0.3) is 5.91 Å². The highest BCUT2D eigenvalue weighted by Crippen LogP contribution is 2.17. The molecule has 22 heavy (non-hydrogen) atoms. The van der Waals surface area contributed by atoms with Crippen LogP contribution in [0.25, 0.3) is 0 Å². The van der Waals surface area contributed by atoms with E-state index in [1.165, 1.54) is 0 Å². The molecule has 1 atom stereocenters. The largest absolute Gasteiger partial charge is 0.452 e. The first-order valence-corrected chi connectivity index (χ1v) is 7.68. The molecular weight excluding hydrogens is 302 g/mol. The number of aliphatic hydroxyl groups is 1. The zero-order valence-corrected chi connectivity index (χ0v) is 12.9. The molecule has 116 valence electrons. The Kier molecular flexibility index (Phi) is 5.68. The first-order chi connectivity index (χ1) is 10.6. The van der Waals surface area contributed by atoms with Gasteiger partial charge in [-0.15, -0.1) is 11.3 Å². The number of thiophene rings is 1. The number of carbonyl (C=O) groups is 2. The minimum atomic E-state index is -0.566. The predicted molar refractivity (Wildman–Crippen MR) is 83.5 cm³/mol. The average Bonchev–Trinajstić information content (AvgIpc) is 3.07. The van der Waals surface area contributed by atoms with Gasteiger partial charge < -0.3 is 15.2 Å². The monoisotopic (exact) mass is 319 g/mol. The molecule has 2 N–H and O–H groups in total. The van der Waals surface area contributed by atoms with Crippen molar-refractivity contribution in [2.24, 2.45) is 0 Å². The summed E-state index contributed by atoms with van der Waals surface area (Å²) < 4.78 is 4.97. The number of amides is 1. The van der Waals surface area contributed by atoms with Crippen molar-refractivity contribution in [3.63, 3.8) is 0 Å². The molecule has 0 aliphatic carbocycles. The number of hydrogen-bond donors (Lipinski definition) is 2. The topological polar surface area (TPSA) is 75.6 Å². The lowest BCUT2D eigenvalue weighted by Gasteiger charge is -2.12. The third kappa shape index (κ3) is 4.41. The Bertz CT molecular complexity index is 622. The average molecular weight is 319 g/mol. The van der Waals surface area contributed by atoms with Crippen LogP contribution in [0.1, 0.15) is 33.8 Å². The van der Waals surface area contributed by atoms with Crippen molar-refractivity contribution in [1.29, 1.82) is 0 Å². The molecule has 0 bridgehead atoms. The smallest absolute Gasteiger partial charge is 0.338 e. The van der Waals surface area contributed by atoms with Crippen LogP contribution in [0.15, 0.2) is 41.8 Å². The Hall–Kier alpha value is -2.18. The van der Waals surface area contributed by atoms with E-state index in [0.29, 0.717) is 11.1 Å². The van der Waals surface area contributed by atoms with E-state index < -0.39 is 5.97 Å². The summed E-state index contributed by atoms with van der Waals surface area (Å²) in [6, 6.07) is 10.1. The maximum atomic E-state index is 11.8. The molecule has 1 aromatic heterocycles. The SMILES string of the molecule is C[C@@H](NC(=O)COC(=O)c1ccc(CO)cc1)c1cccs1. The first-order valence-electron chi connectivity index (χ1n) is 6.80. The lowest BCUT2D eigenvalue weighted by molar-refractivity contribution is -0.124. The molecular formula is C16H17NO4S. The molecule has 6 heteroatoms. The van der Waals surface area contributed by atoms with Crippen LogP contribution >= 0.6 is 11.3 Å². The molecule has 0 aliphatic rings. The quantitative estimate of drug-likeness (QED) is 0.801. The van der Waals surface area contributed by atoms with Crippen molar-refractivity contribution in [2.75, 3.05) is 6.61 Å². The fourth-order valence-corrected chi connectivity index (χ4v) is 2.59. The second-order valence-electron chi connectivity index (χ2n) is 4.74. The van der Waals surface area contributed by atoms with Crippen LogP contribution in [-0.2, 0) is 16.1 Å². The lowest BCUT2D eigenvalue weighted by atomic mass is 10.1. The number of ether oxygens (including phenoxy) is 1. The second kappa shape index (κ2) is 7.72. The summed E-state index contributed by atoms with van der Waals surface area (Å²) in [5.74, 6) is -0.912. The van der Waals surface area contributed by atoms with Crippen LogP contribution in [0.3, 0.4) is 0 Å². The van der Waals surface area contributed by atoms with E-state index in [-0.39, 0.29) is 25.2 Å². The minimum absolute atomic E-state index is 0.0850. The van der Waals surface area contributed by atoms with Crippen LogP contribution in [0.4, 0.5) is 0 Å². The molecule has 2 aromatic rings. The summed E-state index contributed by atoms with van der Waals surface area (Å²) in [7, 11) is 0. The maximum absolute atomic E-state index is 11.8. The molecule has 1 heterocycles. The van der Waals surface area contributed by atoms with Gasteiger partial charge in [-0.05, 0) is 36.1 Å². The van der Waals surface area contributed by atoms with Crippen LogP contribution in [0.5, 0.6) is 0 Å². The van der Waals surface area contributed by atoms with Gasteiger partial charge in [0.05, 0.1) is 18.2 Å². The zero-order chi connectivity index (χ0) is 15.9. The van der Waals surface area contributed by atoms with Crippen LogP contribution in [-0.4, -0.2) is 23.6 Å². The van der Waals surface area contributed by atoms with Gasteiger partial charge in [-0.1, -0.05) is 18.2 Å². The van der Waals surface area contributed by atoms with Crippen molar-refractivity contribution < 1.29 is 19.4 Å². The predicted octanol–water partition coefficient (Wildman–Crippen LogP) is 2.27. The Morgan fingerprint density at radius 2 is 2.00 bits per heavy atom. The van der Waals surface area contributed by atoms with Crippen molar-refractivity contribution in [3.8, 4) is 0 Å². The molecule has 0 radical (unpaired) electrons. The Morgan fingerprint density at radius 3 is 2.59 bits per heavy atom. The summed E-state index contributed by atoms with van der Waals surface area (Å²) in [4.78, 5) is 24.6. The summed E-state index contributed by atoms with van der Waals surface area (Å²) in [6.45, 7) is 1.47. The number of rotatable bonds is 6. The molecule has 0 aliphatic heterocycles. The second-order valence-corrected chi connectivity index (χ2v) is 5.72. The fourth-order valence-electron chi connectivity index (χ4n) is 1.85. The number of aliphatic hydroxyl groups excluding tert-OH is 1. The molecule has 1 aromatic carbocycles.